The number of fused-ring (bicyclic) bond motifs is 3. The molecule has 0 unspecified atom stereocenters. The highest BCUT2D eigenvalue weighted by Crippen LogP contribution is 2.59. The van der Waals surface area contributed by atoms with E-state index in [1.165, 1.54) is 11.1 Å². The molecule has 0 heterocycles. The number of aromatic hydroxyl groups is 2. The zero-order chi connectivity index (χ0) is 20.2. The first-order valence-electron chi connectivity index (χ1n) is 9.21. The van der Waals surface area contributed by atoms with Gasteiger partial charge in [-0.2, -0.15) is 0 Å². The van der Waals surface area contributed by atoms with Crippen molar-refractivity contribution < 1.29 is 10.2 Å². The molecule has 0 bridgehead atoms. The number of hydrogen-bond donors (Lipinski definition) is 2. The first-order chi connectivity index (χ1) is 14.0. The van der Waals surface area contributed by atoms with Crippen LogP contribution in [-0.4, -0.2) is 10.2 Å². The van der Waals surface area contributed by atoms with Crippen molar-refractivity contribution in [3.8, 4) is 22.6 Å². The molecule has 142 valence electrons. The van der Waals surface area contributed by atoms with Gasteiger partial charge in [0, 0.05) is 8.95 Å². The monoisotopic (exact) mass is 506 g/mol. The quantitative estimate of drug-likeness (QED) is 0.270. The van der Waals surface area contributed by atoms with Crippen LogP contribution in [0.25, 0.3) is 11.1 Å². The molecule has 29 heavy (non-hydrogen) atoms. The van der Waals surface area contributed by atoms with Crippen molar-refractivity contribution in [1.82, 2.24) is 0 Å². The molecular formula is C25H16Br2O2. The predicted molar refractivity (Wildman–Crippen MR) is 122 cm³/mol. The van der Waals surface area contributed by atoms with Gasteiger partial charge in [0.15, 0.2) is 0 Å². The Morgan fingerprint density at radius 2 is 1.14 bits per heavy atom. The van der Waals surface area contributed by atoms with E-state index in [9.17, 15) is 10.2 Å². The molecule has 0 spiro atoms. The van der Waals surface area contributed by atoms with Crippen LogP contribution in [0.15, 0.2) is 93.9 Å². The van der Waals surface area contributed by atoms with Crippen molar-refractivity contribution in [2.75, 3.05) is 0 Å². The maximum Gasteiger partial charge on any atom is 0.115 e. The summed E-state index contributed by atoms with van der Waals surface area (Å²) in [6.07, 6.45) is 0. The fraction of sp³-hybridized carbons (Fsp3) is 0.0400. The molecule has 0 atom stereocenters. The van der Waals surface area contributed by atoms with Gasteiger partial charge in [0.25, 0.3) is 0 Å². The Kier molecular flexibility index (Phi) is 4.30. The van der Waals surface area contributed by atoms with Crippen molar-refractivity contribution in [3.63, 3.8) is 0 Å². The highest BCUT2D eigenvalue weighted by atomic mass is 79.9. The molecule has 1 aliphatic carbocycles. The second kappa shape index (κ2) is 6.75. The summed E-state index contributed by atoms with van der Waals surface area (Å²) < 4.78 is 1.97. The molecule has 2 N–H and O–H groups in total. The average molecular weight is 508 g/mol. The van der Waals surface area contributed by atoms with Crippen LogP contribution < -0.4 is 0 Å². The summed E-state index contributed by atoms with van der Waals surface area (Å²) in [6.45, 7) is 0. The highest BCUT2D eigenvalue weighted by molar-refractivity contribution is 9.13. The van der Waals surface area contributed by atoms with Gasteiger partial charge in [-0.05, 0) is 95.6 Å². The first-order valence-corrected chi connectivity index (χ1v) is 10.8. The average Bonchev–Trinajstić information content (AvgIpc) is 3.04. The van der Waals surface area contributed by atoms with Crippen molar-refractivity contribution in [2.45, 2.75) is 5.41 Å². The molecule has 0 radical (unpaired) electrons. The van der Waals surface area contributed by atoms with E-state index in [0.717, 1.165) is 31.2 Å². The molecule has 0 fully saturated rings. The maximum absolute atomic E-state index is 9.93. The standard InChI is InChI=1S/C25H16Br2O2/c26-22-14-13-20-19-3-1-2-4-21(19)25(23(20)24(22)27,15-5-9-17(28)10-6-15)16-7-11-18(29)12-8-16/h1-14,28-29H. The lowest BCUT2D eigenvalue weighted by molar-refractivity contribution is 0.474. The van der Waals surface area contributed by atoms with Gasteiger partial charge >= 0.3 is 0 Å². The van der Waals surface area contributed by atoms with Gasteiger partial charge in [-0.15, -0.1) is 0 Å². The third-order valence-electron chi connectivity index (χ3n) is 5.69. The lowest BCUT2D eigenvalue weighted by Crippen LogP contribution is -2.29. The summed E-state index contributed by atoms with van der Waals surface area (Å²) in [5.74, 6) is 0.462. The Hall–Kier alpha value is -2.56. The Morgan fingerprint density at radius 3 is 1.72 bits per heavy atom. The topological polar surface area (TPSA) is 40.5 Å². The number of benzene rings is 4. The molecule has 0 saturated heterocycles. The van der Waals surface area contributed by atoms with Crippen molar-refractivity contribution >= 4 is 31.9 Å². The molecule has 0 saturated carbocycles. The smallest absolute Gasteiger partial charge is 0.115 e. The third-order valence-corrected chi connectivity index (χ3v) is 7.71. The van der Waals surface area contributed by atoms with Crippen molar-refractivity contribution in [1.29, 1.82) is 0 Å². The van der Waals surface area contributed by atoms with Gasteiger partial charge in [0.1, 0.15) is 11.5 Å². The SMILES string of the molecule is Oc1ccc(C2(c3ccc(O)cc3)c3ccccc3-c3ccc(Br)c(Br)c32)cc1. The van der Waals surface area contributed by atoms with Crippen LogP contribution in [0.3, 0.4) is 0 Å². The van der Waals surface area contributed by atoms with Crippen LogP contribution in [0.1, 0.15) is 22.3 Å². The highest BCUT2D eigenvalue weighted by Gasteiger charge is 2.47. The van der Waals surface area contributed by atoms with E-state index < -0.39 is 5.41 Å². The number of phenolic OH excluding ortho intramolecular Hbond substituents is 2. The largest absolute Gasteiger partial charge is 0.508 e. The maximum atomic E-state index is 9.93. The van der Waals surface area contributed by atoms with Gasteiger partial charge in [0.2, 0.25) is 0 Å². The van der Waals surface area contributed by atoms with Crippen LogP contribution in [-0.2, 0) is 5.41 Å². The van der Waals surface area contributed by atoms with E-state index in [4.69, 9.17) is 0 Å². The lowest BCUT2D eigenvalue weighted by Gasteiger charge is -2.34. The van der Waals surface area contributed by atoms with E-state index in [-0.39, 0.29) is 11.5 Å². The summed E-state index contributed by atoms with van der Waals surface area (Å²) in [6, 6.07) is 27.4. The number of hydrogen-bond acceptors (Lipinski definition) is 2. The van der Waals surface area contributed by atoms with Crippen LogP contribution in [0.2, 0.25) is 0 Å². The first kappa shape index (κ1) is 18.5. The van der Waals surface area contributed by atoms with Gasteiger partial charge in [0.05, 0.1) is 5.41 Å². The minimum absolute atomic E-state index is 0.231. The molecular weight excluding hydrogens is 492 g/mol. The summed E-state index contributed by atoms with van der Waals surface area (Å²) in [7, 11) is 0. The van der Waals surface area contributed by atoms with E-state index in [1.807, 2.05) is 24.3 Å². The molecule has 5 rings (SSSR count). The predicted octanol–water partition coefficient (Wildman–Crippen LogP) is 6.99. The minimum atomic E-state index is -0.587. The second-order valence-electron chi connectivity index (χ2n) is 7.17. The van der Waals surface area contributed by atoms with E-state index in [1.54, 1.807) is 24.3 Å². The summed E-state index contributed by atoms with van der Waals surface area (Å²) in [5.41, 5.74) is 6.16. The van der Waals surface area contributed by atoms with Crippen LogP contribution >= 0.6 is 31.9 Å². The summed E-state index contributed by atoms with van der Waals surface area (Å²) in [4.78, 5) is 0. The lowest BCUT2D eigenvalue weighted by atomic mass is 9.67. The van der Waals surface area contributed by atoms with E-state index >= 15 is 0 Å². The molecule has 4 aromatic carbocycles. The van der Waals surface area contributed by atoms with Gasteiger partial charge < -0.3 is 10.2 Å². The van der Waals surface area contributed by atoms with E-state index in [0.29, 0.717) is 0 Å². The Balaban J connectivity index is 1.99. The zero-order valence-corrected chi connectivity index (χ0v) is 18.4. The molecule has 4 heteroatoms. The van der Waals surface area contributed by atoms with Crippen LogP contribution in [0, 0.1) is 0 Å². The Bertz CT molecular complexity index is 1180. The Morgan fingerprint density at radius 1 is 0.586 bits per heavy atom. The summed E-state index contributed by atoms with van der Waals surface area (Å²) in [5, 5.41) is 19.9. The second-order valence-corrected chi connectivity index (χ2v) is 8.82. The third kappa shape index (κ3) is 2.59. The van der Waals surface area contributed by atoms with Crippen LogP contribution in [0.5, 0.6) is 11.5 Å². The van der Waals surface area contributed by atoms with Crippen LogP contribution in [0.4, 0.5) is 0 Å². The van der Waals surface area contributed by atoms with Gasteiger partial charge in [-0.25, -0.2) is 0 Å². The summed E-state index contributed by atoms with van der Waals surface area (Å²) >= 11 is 7.53. The van der Waals surface area contributed by atoms with Gasteiger partial charge in [-0.1, -0.05) is 54.6 Å². The normalized spacial score (nSPS) is 13.7. The van der Waals surface area contributed by atoms with E-state index in [2.05, 4.69) is 68.3 Å². The molecule has 0 aliphatic heterocycles. The molecule has 2 nitrogen and oxygen atoms in total. The number of rotatable bonds is 2. The molecule has 4 aromatic rings. The number of halogens is 2. The molecule has 0 amide bonds. The zero-order valence-electron chi connectivity index (χ0n) is 15.2. The van der Waals surface area contributed by atoms with Crippen molar-refractivity contribution in [3.05, 3.63) is 116 Å². The molecule has 1 aliphatic rings. The minimum Gasteiger partial charge on any atom is -0.508 e. The fourth-order valence-electron chi connectivity index (χ4n) is 4.51. The fourth-order valence-corrected chi connectivity index (χ4v) is 5.48. The van der Waals surface area contributed by atoms with Crippen molar-refractivity contribution in [2.24, 2.45) is 0 Å². The molecule has 0 aromatic heterocycles. The Labute approximate surface area is 185 Å². The van der Waals surface area contributed by atoms with Gasteiger partial charge in [-0.3, -0.25) is 0 Å². The number of phenols is 2.